The van der Waals surface area contributed by atoms with Gasteiger partial charge in [0.15, 0.2) is 0 Å². The smallest absolute Gasteiger partial charge is 0.000829 e. The van der Waals surface area contributed by atoms with Crippen molar-refractivity contribution >= 4 is 0 Å². The van der Waals surface area contributed by atoms with Gasteiger partial charge in [-0.05, 0) is 44.1 Å². The van der Waals surface area contributed by atoms with Crippen LogP contribution in [0.2, 0.25) is 0 Å². The molecule has 0 aliphatic heterocycles. The van der Waals surface area contributed by atoms with E-state index in [9.17, 15) is 0 Å². The Labute approximate surface area is 74.3 Å². The molecular formula is C11H17N. The summed E-state index contributed by atoms with van der Waals surface area (Å²) in [5.74, 6) is 1.39. The topological polar surface area (TPSA) is 26.0 Å². The fraction of sp³-hybridized carbons (Fsp3) is 0.636. The van der Waals surface area contributed by atoms with E-state index in [-0.39, 0.29) is 0 Å². The fourth-order valence-electron chi connectivity index (χ4n) is 2.38. The van der Waals surface area contributed by atoms with Crippen LogP contribution >= 0.6 is 0 Å². The summed E-state index contributed by atoms with van der Waals surface area (Å²) in [4.78, 5) is 0. The maximum atomic E-state index is 5.74. The van der Waals surface area contributed by atoms with Crippen LogP contribution in [-0.2, 0) is 0 Å². The van der Waals surface area contributed by atoms with E-state index in [4.69, 9.17) is 5.73 Å². The van der Waals surface area contributed by atoms with E-state index >= 15 is 0 Å². The van der Waals surface area contributed by atoms with Gasteiger partial charge in [0, 0.05) is 0 Å². The van der Waals surface area contributed by atoms with Gasteiger partial charge in [-0.2, -0.15) is 0 Å². The van der Waals surface area contributed by atoms with E-state index in [1.54, 1.807) is 5.57 Å². The molecule has 0 spiro atoms. The van der Waals surface area contributed by atoms with Gasteiger partial charge in [0.25, 0.3) is 0 Å². The summed E-state index contributed by atoms with van der Waals surface area (Å²) in [6.45, 7) is 0.826. The van der Waals surface area contributed by atoms with Gasteiger partial charge >= 0.3 is 0 Å². The lowest BCUT2D eigenvalue weighted by Gasteiger charge is -2.30. The second-order valence-electron chi connectivity index (χ2n) is 3.84. The molecule has 0 amide bonds. The standard InChI is InChI=1S/C11H17N/c12-8-10-6-3-5-9-4-1-2-7-11(9)10/h3,5,7,9-10H,1-2,4,6,8,12H2. The van der Waals surface area contributed by atoms with Gasteiger partial charge in [-0.15, -0.1) is 0 Å². The Kier molecular flexibility index (Phi) is 2.31. The number of nitrogens with two attached hydrogens (primary N) is 1. The SMILES string of the molecule is NCC1CC=CC2CCCC=C21. The third kappa shape index (κ3) is 1.34. The zero-order chi connectivity index (χ0) is 8.39. The normalized spacial score (nSPS) is 34.2. The van der Waals surface area contributed by atoms with E-state index < -0.39 is 0 Å². The second kappa shape index (κ2) is 3.44. The Morgan fingerprint density at radius 1 is 1.50 bits per heavy atom. The number of allylic oxidation sites excluding steroid dienone is 3. The van der Waals surface area contributed by atoms with Gasteiger partial charge in [-0.25, -0.2) is 0 Å². The predicted octanol–water partition coefficient (Wildman–Crippen LogP) is 2.25. The minimum absolute atomic E-state index is 0.653. The number of hydrogen-bond acceptors (Lipinski definition) is 1. The van der Waals surface area contributed by atoms with Gasteiger partial charge in [0.05, 0.1) is 0 Å². The number of fused-ring (bicyclic) bond motifs is 1. The highest BCUT2D eigenvalue weighted by molar-refractivity contribution is 5.23. The Morgan fingerprint density at radius 3 is 3.25 bits per heavy atom. The summed E-state index contributed by atoms with van der Waals surface area (Å²) in [6.07, 6.45) is 12.3. The van der Waals surface area contributed by atoms with Crippen molar-refractivity contribution in [1.29, 1.82) is 0 Å². The highest BCUT2D eigenvalue weighted by atomic mass is 14.6. The summed E-state index contributed by atoms with van der Waals surface area (Å²) >= 11 is 0. The Bertz CT molecular complexity index is 215. The summed E-state index contributed by atoms with van der Waals surface area (Å²) in [6, 6.07) is 0. The van der Waals surface area contributed by atoms with Crippen molar-refractivity contribution in [3.05, 3.63) is 23.8 Å². The van der Waals surface area contributed by atoms with Crippen LogP contribution in [0.5, 0.6) is 0 Å². The number of rotatable bonds is 1. The van der Waals surface area contributed by atoms with Crippen LogP contribution in [0.3, 0.4) is 0 Å². The minimum atomic E-state index is 0.653. The van der Waals surface area contributed by atoms with Crippen LogP contribution in [0.4, 0.5) is 0 Å². The van der Waals surface area contributed by atoms with Crippen LogP contribution in [0.15, 0.2) is 23.8 Å². The Balaban J connectivity index is 2.21. The van der Waals surface area contributed by atoms with E-state index in [0.717, 1.165) is 12.5 Å². The molecule has 0 radical (unpaired) electrons. The summed E-state index contributed by atoms with van der Waals surface area (Å²) in [5, 5.41) is 0. The van der Waals surface area contributed by atoms with Crippen molar-refractivity contribution in [2.45, 2.75) is 25.7 Å². The van der Waals surface area contributed by atoms with Gasteiger partial charge in [0.1, 0.15) is 0 Å². The molecule has 0 aromatic heterocycles. The molecule has 2 aliphatic carbocycles. The van der Waals surface area contributed by atoms with E-state index in [1.807, 2.05) is 0 Å². The summed E-state index contributed by atoms with van der Waals surface area (Å²) in [5.41, 5.74) is 7.37. The van der Waals surface area contributed by atoms with Crippen LogP contribution in [0.25, 0.3) is 0 Å². The molecule has 1 nitrogen and oxygen atoms in total. The average Bonchev–Trinajstić information content (AvgIpc) is 2.17. The van der Waals surface area contributed by atoms with Crippen LogP contribution in [-0.4, -0.2) is 6.54 Å². The first kappa shape index (κ1) is 8.06. The van der Waals surface area contributed by atoms with E-state index in [2.05, 4.69) is 18.2 Å². The summed E-state index contributed by atoms with van der Waals surface area (Å²) in [7, 11) is 0. The monoisotopic (exact) mass is 163 g/mol. The first-order valence-corrected chi connectivity index (χ1v) is 4.98. The maximum absolute atomic E-state index is 5.74. The molecule has 1 heteroatoms. The van der Waals surface area contributed by atoms with Gasteiger partial charge in [-0.3, -0.25) is 0 Å². The molecule has 12 heavy (non-hydrogen) atoms. The molecule has 0 fully saturated rings. The molecular weight excluding hydrogens is 146 g/mol. The van der Waals surface area contributed by atoms with Crippen molar-refractivity contribution in [2.75, 3.05) is 6.54 Å². The third-order valence-corrected chi connectivity index (χ3v) is 3.07. The quantitative estimate of drug-likeness (QED) is 0.589. The van der Waals surface area contributed by atoms with Crippen LogP contribution in [0.1, 0.15) is 25.7 Å². The lowest BCUT2D eigenvalue weighted by Crippen LogP contribution is -2.24. The molecule has 2 rings (SSSR count). The zero-order valence-electron chi connectivity index (χ0n) is 7.50. The predicted molar refractivity (Wildman–Crippen MR) is 51.7 cm³/mol. The molecule has 0 saturated heterocycles. The van der Waals surface area contributed by atoms with Crippen molar-refractivity contribution < 1.29 is 0 Å². The third-order valence-electron chi connectivity index (χ3n) is 3.07. The minimum Gasteiger partial charge on any atom is -0.330 e. The molecule has 66 valence electrons. The zero-order valence-corrected chi connectivity index (χ0v) is 7.50. The van der Waals surface area contributed by atoms with Gasteiger partial charge in [0.2, 0.25) is 0 Å². The first-order valence-electron chi connectivity index (χ1n) is 4.98. The van der Waals surface area contributed by atoms with E-state index in [1.165, 1.54) is 25.7 Å². The Hall–Kier alpha value is -0.560. The van der Waals surface area contributed by atoms with Crippen molar-refractivity contribution in [3.63, 3.8) is 0 Å². The molecule has 2 N–H and O–H groups in total. The maximum Gasteiger partial charge on any atom is -0.000829 e. The van der Waals surface area contributed by atoms with Crippen molar-refractivity contribution in [2.24, 2.45) is 17.6 Å². The molecule has 0 heterocycles. The molecule has 2 aliphatic rings. The van der Waals surface area contributed by atoms with Crippen LogP contribution < -0.4 is 5.73 Å². The van der Waals surface area contributed by atoms with Crippen LogP contribution in [0, 0.1) is 11.8 Å². The molecule has 2 unspecified atom stereocenters. The molecule has 0 aromatic carbocycles. The molecule has 0 saturated carbocycles. The second-order valence-corrected chi connectivity index (χ2v) is 3.84. The van der Waals surface area contributed by atoms with Gasteiger partial charge < -0.3 is 5.73 Å². The molecule has 0 bridgehead atoms. The Morgan fingerprint density at radius 2 is 2.42 bits per heavy atom. The van der Waals surface area contributed by atoms with Crippen molar-refractivity contribution in [1.82, 2.24) is 0 Å². The fourth-order valence-corrected chi connectivity index (χ4v) is 2.38. The van der Waals surface area contributed by atoms with Gasteiger partial charge in [-0.1, -0.05) is 23.8 Å². The number of hydrogen-bond donors (Lipinski definition) is 1. The highest BCUT2D eigenvalue weighted by Crippen LogP contribution is 2.35. The molecule has 2 atom stereocenters. The average molecular weight is 163 g/mol. The van der Waals surface area contributed by atoms with E-state index in [0.29, 0.717) is 5.92 Å². The lowest BCUT2D eigenvalue weighted by atomic mass is 9.76. The van der Waals surface area contributed by atoms with Crippen molar-refractivity contribution in [3.8, 4) is 0 Å². The first-order chi connectivity index (χ1) is 5.92. The highest BCUT2D eigenvalue weighted by Gasteiger charge is 2.24. The lowest BCUT2D eigenvalue weighted by molar-refractivity contribution is 0.480. The largest absolute Gasteiger partial charge is 0.330 e. The summed E-state index contributed by atoms with van der Waals surface area (Å²) < 4.78 is 0. The molecule has 0 aromatic rings.